The number of aryl methyl sites for hydroxylation is 2. The SMILES string of the molecule is CCCNC(c1ccc(C)cc1C)C1CC(C)CC(C)C1. The lowest BCUT2D eigenvalue weighted by molar-refractivity contribution is 0.176. The lowest BCUT2D eigenvalue weighted by Gasteiger charge is -2.38. The van der Waals surface area contributed by atoms with E-state index in [0.717, 1.165) is 24.3 Å². The second kappa shape index (κ2) is 7.45. The van der Waals surface area contributed by atoms with E-state index in [4.69, 9.17) is 0 Å². The lowest BCUT2D eigenvalue weighted by atomic mass is 9.72. The molecule has 21 heavy (non-hydrogen) atoms. The lowest BCUT2D eigenvalue weighted by Crippen LogP contribution is -2.34. The minimum absolute atomic E-state index is 0.538. The van der Waals surface area contributed by atoms with Gasteiger partial charge < -0.3 is 5.32 Å². The number of hydrogen-bond acceptors (Lipinski definition) is 1. The maximum atomic E-state index is 3.86. The Bertz CT molecular complexity index is 441. The molecule has 0 spiro atoms. The third-order valence-electron chi connectivity index (χ3n) is 5.06. The molecule has 1 aromatic rings. The highest BCUT2D eigenvalue weighted by Crippen LogP contribution is 2.40. The van der Waals surface area contributed by atoms with Crippen LogP contribution in [0.3, 0.4) is 0 Å². The van der Waals surface area contributed by atoms with Crippen LogP contribution in [0, 0.1) is 31.6 Å². The monoisotopic (exact) mass is 287 g/mol. The van der Waals surface area contributed by atoms with Crippen molar-refractivity contribution in [3.63, 3.8) is 0 Å². The zero-order valence-electron chi connectivity index (χ0n) is 14.6. The molecule has 0 bridgehead atoms. The van der Waals surface area contributed by atoms with Gasteiger partial charge in [-0.1, -0.05) is 44.5 Å². The smallest absolute Gasteiger partial charge is 0.0351 e. The summed E-state index contributed by atoms with van der Waals surface area (Å²) < 4.78 is 0. The summed E-state index contributed by atoms with van der Waals surface area (Å²) in [6, 6.07) is 7.52. The standard InChI is InChI=1S/C20H33N/c1-6-9-21-20(18-12-15(3)10-16(4)13-18)19-8-7-14(2)11-17(19)5/h7-8,11,15-16,18,20-21H,6,9-10,12-13H2,1-5H3. The maximum absolute atomic E-state index is 3.86. The van der Waals surface area contributed by atoms with E-state index in [0.29, 0.717) is 6.04 Å². The van der Waals surface area contributed by atoms with Gasteiger partial charge in [0.1, 0.15) is 0 Å². The molecule has 1 saturated carbocycles. The molecule has 1 fully saturated rings. The zero-order valence-corrected chi connectivity index (χ0v) is 14.6. The largest absolute Gasteiger partial charge is 0.310 e. The van der Waals surface area contributed by atoms with Crippen molar-refractivity contribution in [1.82, 2.24) is 5.32 Å². The average Bonchev–Trinajstić information content (AvgIpc) is 2.40. The summed E-state index contributed by atoms with van der Waals surface area (Å²) in [5, 5.41) is 3.86. The average molecular weight is 287 g/mol. The second-order valence-electron chi connectivity index (χ2n) is 7.47. The zero-order chi connectivity index (χ0) is 15.4. The number of benzene rings is 1. The van der Waals surface area contributed by atoms with Gasteiger partial charge in [-0.3, -0.25) is 0 Å². The second-order valence-corrected chi connectivity index (χ2v) is 7.47. The van der Waals surface area contributed by atoms with Gasteiger partial charge in [0.2, 0.25) is 0 Å². The Balaban J connectivity index is 2.24. The molecule has 1 heteroatoms. The first-order valence-corrected chi connectivity index (χ1v) is 8.81. The molecule has 1 N–H and O–H groups in total. The fourth-order valence-electron chi connectivity index (χ4n) is 4.29. The summed E-state index contributed by atoms with van der Waals surface area (Å²) in [6.45, 7) is 12.7. The molecular weight excluding hydrogens is 254 g/mol. The van der Waals surface area contributed by atoms with Gasteiger partial charge in [-0.2, -0.15) is 0 Å². The highest BCUT2D eigenvalue weighted by Gasteiger charge is 2.31. The van der Waals surface area contributed by atoms with Crippen LogP contribution in [-0.2, 0) is 0 Å². The Morgan fingerprint density at radius 3 is 2.33 bits per heavy atom. The maximum Gasteiger partial charge on any atom is 0.0351 e. The Labute approximate surface area is 131 Å². The number of hydrogen-bond donors (Lipinski definition) is 1. The van der Waals surface area contributed by atoms with Crippen molar-refractivity contribution in [3.05, 3.63) is 34.9 Å². The van der Waals surface area contributed by atoms with Crippen LogP contribution in [0.5, 0.6) is 0 Å². The van der Waals surface area contributed by atoms with E-state index in [1.54, 1.807) is 0 Å². The summed E-state index contributed by atoms with van der Waals surface area (Å²) in [6.07, 6.45) is 5.36. The van der Waals surface area contributed by atoms with E-state index >= 15 is 0 Å². The van der Waals surface area contributed by atoms with Crippen LogP contribution in [0.4, 0.5) is 0 Å². The van der Waals surface area contributed by atoms with Crippen molar-refractivity contribution in [3.8, 4) is 0 Å². The van der Waals surface area contributed by atoms with Gasteiger partial charge in [0.05, 0.1) is 0 Å². The van der Waals surface area contributed by atoms with Crippen molar-refractivity contribution in [1.29, 1.82) is 0 Å². The first-order valence-electron chi connectivity index (χ1n) is 8.81. The van der Waals surface area contributed by atoms with Crippen molar-refractivity contribution in [2.75, 3.05) is 6.54 Å². The van der Waals surface area contributed by atoms with Gasteiger partial charge >= 0.3 is 0 Å². The van der Waals surface area contributed by atoms with E-state index in [-0.39, 0.29) is 0 Å². The summed E-state index contributed by atoms with van der Waals surface area (Å²) >= 11 is 0. The quantitative estimate of drug-likeness (QED) is 0.763. The van der Waals surface area contributed by atoms with Gasteiger partial charge in [0.15, 0.2) is 0 Å². The van der Waals surface area contributed by atoms with E-state index < -0.39 is 0 Å². The number of nitrogens with one attached hydrogen (secondary N) is 1. The molecule has 0 heterocycles. The molecule has 0 saturated heterocycles. The summed E-state index contributed by atoms with van der Waals surface area (Å²) in [7, 11) is 0. The molecule has 0 aromatic heterocycles. The minimum Gasteiger partial charge on any atom is -0.310 e. The van der Waals surface area contributed by atoms with Gasteiger partial charge in [-0.25, -0.2) is 0 Å². The third-order valence-corrected chi connectivity index (χ3v) is 5.06. The van der Waals surface area contributed by atoms with Crippen molar-refractivity contribution in [2.45, 2.75) is 66.3 Å². The summed E-state index contributed by atoms with van der Waals surface area (Å²) in [5.74, 6) is 2.53. The van der Waals surface area contributed by atoms with E-state index in [9.17, 15) is 0 Å². The van der Waals surface area contributed by atoms with Crippen molar-refractivity contribution < 1.29 is 0 Å². The molecule has 3 unspecified atom stereocenters. The molecule has 1 aromatic carbocycles. The van der Waals surface area contributed by atoms with E-state index in [1.807, 2.05) is 0 Å². The van der Waals surface area contributed by atoms with Crippen LogP contribution >= 0.6 is 0 Å². The fourth-order valence-corrected chi connectivity index (χ4v) is 4.29. The van der Waals surface area contributed by atoms with Crippen LogP contribution in [0.2, 0.25) is 0 Å². The minimum atomic E-state index is 0.538. The number of rotatable bonds is 5. The molecule has 0 amide bonds. The Hall–Kier alpha value is -0.820. The molecule has 3 atom stereocenters. The third kappa shape index (κ3) is 4.32. The molecule has 1 aliphatic carbocycles. The molecular formula is C20H33N. The van der Waals surface area contributed by atoms with Crippen LogP contribution < -0.4 is 5.32 Å². The highest BCUT2D eigenvalue weighted by atomic mass is 14.9. The summed E-state index contributed by atoms with van der Waals surface area (Å²) in [4.78, 5) is 0. The van der Waals surface area contributed by atoms with Gasteiger partial charge in [-0.15, -0.1) is 0 Å². The van der Waals surface area contributed by atoms with Crippen LogP contribution in [-0.4, -0.2) is 6.54 Å². The first-order chi connectivity index (χ1) is 10.0. The molecule has 2 rings (SSSR count). The molecule has 0 aliphatic heterocycles. The van der Waals surface area contributed by atoms with E-state index in [1.165, 1.54) is 42.4 Å². The van der Waals surface area contributed by atoms with Crippen molar-refractivity contribution >= 4 is 0 Å². The Morgan fingerprint density at radius 1 is 1.10 bits per heavy atom. The molecule has 0 radical (unpaired) electrons. The van der Waals surface area contributed by atoms with Crippen molar-refractivity contribution in [2.24, 2.45) is 17.8 Å². The van der Waals surface area contributed by atoms with Gasteiger partial charge in [0.25, 0.3) is 0 Å². The Kier molecular flexibility index (Phi) is 5.87. The molecule has 1 nitrogen and oxygen atoms in total. The molecule has 1 aliphatic rings. The van der Waals surface area contributed by atoms with E-state index in [2.05, 4.69) is 58.1 Å². The predicted octanol–water partition coefficient (Wildman–Crippen LogP) is 5.42. The van der Waals surface area contributed by atoms with Gasteiger partial charge in [-0.05, 0) is 75.0 Å². The van der Waals surface area contributed by atoms with Crippen LogP contribution in [0.15, 0.2) is 18.2 Å². The summed E-state index contributed by atoms with van der Waals surface area (Å²) in [5.41, 5.74) is 4.35. The predicted molar refractivity (Wildman–Crippen MR) is 92.6 cm³/mol. The van der Waals surface area contributed by atoms with Crippen LogP contribution in [0.25, 0.3) is 0 Å². The normalized spacial score (nSPS) is 27.6. The Morgan fingerprint density at radius 2 is 1.76 bits per heavy atom. The first kappa shape index (κ1) is 16.5. The fraction of sp³-hybridized carbons (Fsp3) is 0.700. The van der Waals surface area contributed by atoms with Gasteiger partial charge in [0, 0.05) is 6.04 Å². The highest BCUT2D eigenvalue weighted by molar-refractivity contribution is 5.33. The topological polar surface area (TPSA) is 12.0 Å². The molecule has 118 valence electrons. The van der Waals surface area contributed by atoms with Crippen LogP contribution in [0.1, 0.15) is 69.2 Å².